The fraction of sp³-hybridized carbons (Fsp3) is 0.538. The van der Waals surface area contributed by atoms with Gasteiger partial charge in [-0.3, -0.25) is 0 Å². The highest BCUT2D eigenvalue weighted by molar-refractivity contribution is 5.77. The average molecular weight is 202 g/mol. The molecule has 0 aromatic heterocycles. The Balaban J connectivity index is 2.11. The second-order valence-corrected chi connectivity index (χ2v) is 4.77. The van der Waals surface area contributed by atoms with Crippen molar-refractivity contribution in [3.05, 3.63) is 23.3 Å². The van der Waals surface area contributed by atoms with Crippen LogP contribution in [0.15, 0.2) is 12.1 Å². The number of nitrogens with zero attached hydrogens (tertiary/aromatic N) is 1. The number of hydrogen-bond acceptors (Lipinski definition) is 2. The van der Waals surface area contributed by atoms with Crippen LogP contribution in [0.25, 0.3) is 0 Å². The molecule has 2 nitrogen and oxygen atoms in total. The number of fused-ring (bicyclic) bond motifs is 3. The Morgan fingerprint density at radius 3 is 3.07 bits per heavy atom. The van der Waals surface area contributed by atoms with Crippen molar-refractivity contribution in [3.63, 3.8) is 0 Å². The van der Waals surface area contributed by atoms with Gasteiger partial charge in [0.25, 0.3) is 0 Å². The smallest absolute Gasteiger partial charge is 0.0611 e. The normalized spacial score (nSPS) is 23.3. The Morgan fingerprint density at radius 2 is 2.20 bits per heavy atom. The van der Waals surface area contributed by atoms with Gasteiger partial charge >= 0.3 is 0 Å². The molecule has 0 spiro atoms. The molecule has 0 saturated carbocycles. The summed E-state index contributed by atoms with van der Waals surface area (Å²) < 4.78 is 0. The topological polar surface area (TPSA) is 15.3 Å². The third-order valence-electron chi connectivity index (χ3n) is 3.91. The second kappa shape index (κ2) is 3.16. The number of rotatable bonds is 0. The van der Waals surface area contributed by atoms with Crippen LogP contribution in [0.2, 0.25) is 0 Å². The van der Waals surface area contributed by atoms with Gasteiger partial charge in [0.2, 0.25) is 0 Å². The van der Waals surface area contributed by atoms with Gasteiger partial charge in [-0.1, -0.05) is 6.07 Å². The van der Waals surface area contributed by atoms with E-state index >= 15 is 0 Å². The number of benzene rings is 1. The molecule has 1 fully saturated rings. The molecule has 3 rings (SSSR count). The molecule has 1 saturated heterocycles. The summed E-state index contributed by atoms with van der Waals surface area (Å²) in [4.78, 5) is 2.58. The minimum Gasteiger partial charge on any atom is -0.381 e. The van der Waals surface area contributed by atoms with Crippen molar-refractivity contribution in [2.24, 2.45) is 0 Å². The zero-order chi connectivity index (χ0) is 10.4. The van der Waals surface area contributed by atoms with Crippen molar-refractivity contribution in [1.82, 2.24) is 0 Å². The SMILES string of the molecule is Cc1ccc2c(c1C)NCC1CCCN21. The molecule has 1 aromatic carbocycles. The van der Waals surface area contributed by atoms with E-state index in [1.807, 2.05) is 0 Å². The highest BCUT2D eigenvalue weighted by Gasteiger charge is 2.30. The molecule has 1 aromatic rings. The molecular weight excluding hydrogens is 184 g/mol. The van der Waals surface area contributed by atoms with Gasteiger partial charge in [0, 0.05) is 19.1 Å². The van der Waals surface area contributed by atoms with Crippen LogP contribution >= 0.6 is 0 Å². The lowest BCUT2D eigenvalue weighted by atomic mass is 10.0. The van der Waals surface area contributed by atoms with Crippen LogP contribution in [-0.2, 0) is 0 Å². The van der Waals surface area contributed by atoms with Crippen LogP contribution in [-0.4, -0.2) is 19.1 Å². The number of hydrogen-bond donors (Lipinski definition) is 1. The van der Waals surface area contributed by atoms with Gasteiger partial charge in [0.05, 0.1) is 11.4 Å². The van der Waals surface area contributed by atoms with Gasteiger partial charge in [-0.15, -0.1) is 0 Å². The summed E-state index contributed by atoms with van der Waals surface area (Å²) in [6.07, 6.45) is 2.69. The summed E-state index contributed by atoms with van der Waals surface area (Å²) >= 11 is 0. The first-order valence-corrected chi connectivity index (χ1v) is 5.88. The van der Waals surface area contributed by atoms with E-state index in [-0.39, 0.29) is 0 Å². The molecule has 0 bridgehead atoms. The average Bonchev–Trinajstić information content (AvgIpc) is 2.71. The van der Waals surface area contributed by atoms with Crippen molar-refractivity contribution < 1.29 is 0 Å². The molecule has 0 aliphatic carbocycles. The lowest BCUT2D eigenvalue weighted by Crippen LogP contribution is -2.39. The maximum atomic E-state index is 3.60. The van der Waals surface area contributed by atoms with E-state index in [2.05, 4.69) is 36.2 Å². The minimum absolute atomic E-state index is 0.736. The summed E-state index contributed by atoms with van der Waals surface area (Å²) in [5, 5.41) is 3.60. The molecule has 15 heavy (non-hydrogen) atoms. The van der Waals surface area contributed by atoms with Crippen LogP contribution in [0.1, 0.15) is 24.0 Å². The van der Waals surface area contributed by atoms with E-state index in [9.17, 15) is 0 Å². The first-order chi connectivity index (χ1) is 7.27. The van der Waals surface area contributed by atoms with Crippen molar-refractivity contribution in [3.8, 4) is 0 Å². The molecule has 0 radical (unpaired) electrons. The van der Waals surface area contributed by atoms with E-state index in [4.69, 9.17) is 0 Å². The molecule has 2 aliphatic rings. The Labute approximate surface area is 91.3 Å². The fourth-order valence-electron chi connectivity index (χ4n) is 2.85. The van der Waals surface area contributed by atoms with Gasteiger partial charge < -0.3 is 10.2 Å². The van der Waals surface area contributed by atoms with E-state index in [0.29, 0.717) is 0 Å². The van der Waals surface area contributed by atoms with Gasteiger partial charge in [0.1, 0.15) is 0 Å². The van der Waals surface area contributed by atoms with Crippen LogP contribution in [0.5, 0.6) is 0 Å². The van der Waals surface area contributed by atoms with Crippen LogP contribution in [0, 0.1) is 13.8 Å². The van der Waals surface area contributed by atoms with E-state index in [1.165, 1.54) is 41.9 Å². The maximum absolute atomic E-state index is 3.60. The molecule has 1 unspecified atom stereocenters. The zero-order valence-electron chi connectivity index (χ0n) is 9.51. The van der Waals surface area contributed by atoms with Gasteiger partial charge in [-0.25, -0.2) is 0 Å². The predicted octanol–water partition coefficient (Wildman–Crippen LogP) is 2.70. The molecule has 0 amide bonds. The van der Waals surface area contributed by atoms with Crippen LogP contribution < -0.4 is 10.2 Å². The lowest BCUT2D eigenvalue weighted by Gasteiger charge is -2.35. The third kappa shape index (κ3) is 1.24. The molecule has 80 valence electrons. The molecule has 2 aliphatic heterocycles. The Hall–Kier alpha value is -1.18. The summed E-state index contributed by atoms with van der Waals surface area (Å²) in [5.74, 6) is 0. The second-order valence-electron chi connectivity index (χ2n) is 4.77. The minimum atomic E-state index is 0.736. The van der Waals surface area contributed by atoms with Crippen molar-refractivity contribution in [2.75, 3.05) is 23.3 Å². The summed E-state index contributed by atoms with van der Waals surface area (Å²) in [6, 6.07) is 5.26. The Kier molecular flexibility index (Phi) is 1.91. The van der Waals surface area contributed by atoms with Crippen molar-refractivity contribution in [2.45, 2.75) is 32.7 Å². The standard InChI is InChI=1S/C13H18N2/c1-9-5-6-12-13(10(9)2)14-8-11-4-3-7-15(11)12/h5-6,11,14H,3-4,7-8H2,1-2H3. The summed E-state index contributed by atoms with van der Waals surface area (Å²) in [7, 11) is 0. The summed E-state index contributed by atoms with van der Waals surface area (Å²) in [5.41, 5.74) is 5.59. The van der Waals surface area contributed by atoms with E-state index < -0.39 is 0 Å². The van der Waals surface area contributed by atoms with E-state index in [1.54, 1.807) is 0 Å². The zero-order valence-corrected chi connectivity index (χ0v) is 9.51. The molecular formula is C13H18N2. The number of anilines is 2. The molecule has 1 N–H and O–H groups in total. The van der Waals surface area contributed by atoms with Gasteiger partial charge in [-0.05, 0) is 43.9 Å². The Bertz CT molecular complexity index is 398. The van der Waals surface area contributed by atoms with Gasteiger partial charge in [0.15, 0.2) is 0 Å². The molecule has 1 atom stereocenters. The monoisotopic (exact) mass is 202 g/mol. The van der Waals surface area contributed by atoms with Gasteiger partial charge in [-0.2, -0.15) is 0 Å². The van der Waals surface area contributed by atoms with Crippen LogP contribution in [0.4, 0.5) is 11.4 Å². The quantitative estimate of drug-likeness (QED) is 0.696. The predicted molar refractivity (Wildman–Crippen MR) is 64.8 cm³/mol. The molecule has 2 heterocycles. The Morgan fingerprint density at radius 1 is 1.33 bits per heavy atom. The maximum Gasteiger partial charge on any atom is 0.0611 e. The number of aryl methyl sites for hydroxylation is 1. The first kappa shape index (κ1) is 9.08. The molecule has 2 heteroatoms. The lowest BCUT2D eigenvalue weighted by molar-refractivity contribution is 0.682. The summed E-state index contributed by atoms with van der Waals surface area (Å²) in [6.45, 7) is 6.77. The van der Waals surface area contributed by atoms with E-state index in [0.717, 1.165) is 12.6 Å². The largest absolute Gasteiger partial charge is 0.381 e. The number of nitrogens with one attached hydrogen (secondary N) is 1. The van der Waals surface area contributed by atoms with Crippen LogP contribution in [0.3, 0.4) is 0 Å². The first-order valence-electron chi connectivity index (χ1n) is 5.88. The highest BCUT2D eigenvalue weighted by atomic mass is 15.2. The third-order valence-corrected chi connectivity index (χ3v) is 3.91. The van der Waals surface area contributed by atoms with Crippen molar-refractivity contribution >= 4 is 11.4 Å². The van der Waals surface area contributed by atoms with Crippen molar-refractivity contribution in [1.29, 1.82) is 0 Å². The fourth-order valence-corrected chi connectivity index (χ4v) is 2.85. The highest BCUT2D eigenvalue weighted by Crippen LogP contribution is 2.38.